The molecule has 112 valence electrons. The molecule has 1 aliphatic heterocycles. The average molecular weight is 325 g/mol. The number of hydrogen-bond donors (Lipinski definition) is 1. The first-order valence-electron chi connectivity index (χ1n) is 7.08. The summed E-state index contributed by atoms with van der Waals surface area (Å²) in [6.07, 6.45) is 5.04. The maximum atomic E-state index is 6.04. The SMILES string of the molecule is CCC(Nc1nc(Cl)nc(N2CCCC2)n1)c1nccs1. The largest absolute Gasteiger partial charge is 0.345 e. The number of halogens is 1. The summed E-state index contributed by atoms with van der Waals surface area (Å²) in [7, 11) is 0. The fraction of sp³-hybridized carbons (Fsp3) is 0.538. The van der Waals surface area contributed by atoms with E-state index in [1.165, 1.54) is 12.8 Å². The Balaban J connectivity index is 1.81. The highest BCUT2D eigenvalue weighted by molar-refractivity contribution is 7.09. The normalized spacial score (nSPS) is 16.2. The van der Waals surface area contributed by atoms with E-state index >= 15 is 0 Å². The molecule has 0 bridgehead atoms. The zero-order chi connectivity index (χ0) is 14.7. The summed E-state index contributed by atoms with van der Waals surface area (Å²) < 4.78 is 0. The number of thiazole rings is 1. The van der Waals surface area contributed by atoms with Gasteiger partial charge in [0, 0.05) is 24.7 Å². The van der Waals surface area contributed by atoms with Crippen LogP contribution in [0.1, 0.15) is 37.2 Å². The van der Waals surface area contributed by atoms with Crippen LogP contribution in [-0.2, 0) is 0 Å². The minimum absolute atomic E-state index is 0.0925. The minimum atomic E-state index is 0.0925. The molecule has 1 aliphatic rings. The highest BCUT2D eigenvalue weighted by Gasteiger charge is 2.19. The van der Waals surface area contributed by atoms with Gasteiger partial charge in [0.25, 0.3) is 0 Å². The Morgan fingerprint density at radius 1 is 1.33 bits per heavy atom. The van der Waals surface area contributed by atoms with Crippen molar-refractivity contribution in [1.29, 1.82) is 0 Å². The summed E-state index contributed by atoms with van der Waals surface area (Å²) in [6.45, 7) is 4.05. The van der Waals surface area contributed by atoms with Crippen LogP contribution in [0.4, 0.5) is 11.9 Å². The number of aromatic nitrogens is 4. The molecule has 0 amide bonds. The monoisotopic (exact) mass is 324 g/mol. The third-order valence-electron chi connectivity index (χ3n) is 3.45. The molecule has 3 heterocycles. The Hall–Kier alpha value is -1.47. The van der Waals surface area contributed by atoms with E-state index in [2.05, 4.69) is 37.1 Å². The van der Waals surface area contributed by atoms with Crippen LogP contribution in [-0.4, -0.2) is 33.0 Å². The standard InChI is InChI=1S/C13H17ClN6S/c1-2-9(10-15-5-8-21-10)16-12-17-11(14)18-13(19-12)20-6-3-4-7-20/h5,8-9H,2-4,6-7H2,1H3,(H,16,17,18,19). The predicted octanol–water partition coefficient (Wildman–Crippen LogP) is 3.14. The highest BCUT2D eigenvalue weighted by atomic mass is 35.5. The molecule has 1 atom stereocenters. The molecule has 2 aromatic rings. The molecule has 21 heavy (non-hydrogen) atoms. The van der Waals surface area contributed by atoms with Crippen LogP contribution >= 0.6 is 22.9 Å². The first-order chi connectivity index (χ1) is 10.3. The molecule has 0 saturated carbocycles. The molecule has 6 nitrogen and oxygen atoms in total. The van der Waals surface area contributed by atoms with Gasteiger partial charge in [-0.25, -0.2) is 4.98 Å². The first kappa shape index (κ1) is 14.5. The maximum Gasteiger partial charge on any atom is 0.231 e. The van der Waals surface area contributed by atoms with Gasteiger partial charge in [0.05, 0.1) is 6.04 Å². The van der Waals surface area contributed by atoms with E-state index in [1.54, 1.807) is 17.5 Å². The van der Waals surface area contributed by atoms with Crippen LogP contribution in [0.2, 0.25) is 5.28 Å². The molecule has 0 radical (unpaired) electrons. The van der Waals surface area contributed by atoms with E-state index < -0.39 is 0 Å². The van der Waals surface area contributed by atoms with Gasteiger partial charge in [-0.3, -0.25) is 0 Å². The van der Waals surface area contributed by atoms with Gasteiger partial charge in [-0.2, -0.15) is 15.0 Å². The van der Waals surface area contributed by atoms with E-state index in [1.807, 2.05) is 5.38 Å². The molecule has 0 aliphatic carbocycles. The van der Waals surface area contributed by atoms with E-state index in [4.69, 9.17) is 11.6 Å². The predicted molar refractivity (Wildman–Crippen MR) is 85.1 cm³/mol. The average Bonchev–Trinajstić information content (AvgIpc) is 3.16. The van der Waals surface area contributed by atoms with E-state index in [-0.39, 0.29) is 11.3 Å². The van der Waals surface area contributed by atoms with Gasteiger partial charge in [0.2, 0.25) is 17.2 Å². The van der Waals surface area contributed by atoms with Crippen molar-refractivity contribution in [2.75, 3.05) is 23.3 Å². The van der Waals surface area contributed by atoms with Crippen molar-refractivity contribution in [3.05, 3.63) is 21.9 Å². The number of nitrogens with zero attached hydrogens (tertiary/aromatic N) is 5. The number of anilines is 2. The van der Waals surface area contributed by atoms with Gasteiger partial charge in [-0.1, -0.05) is 6.92 Å². The molecule has 3 rings (SSSR count). The molecule has 1 unspecified atom stereocenters. The molecule has 0 spiro atoms. The fourth-order valence-electron chi connectivity index (χ4n) is 2.36. The minimum Gasteiger partial charge on any atom is -0.345 e. The Morgan fingerprint density at radius 2 is 2.14 bits per heavy atom. The van der Waals surface area contributed by atoms with E-state index in [0.29, 0.717) is 11.9 Å². The summed E-state index contributed by atoms with van der Waals surface area (Å²) in [5.74, 6) is 1.17. The molecular weight excluding hydrogens is 308 g/mol. The number of rotatable bonds is 5. The summed E-state index contributed by atoms with van der Waals surface area (Å²) in [4.78, 5) is 19.4. The van der Waals surface area contributed by atoms with Crippen LogP contribution < -0.4 is 10.2 Å². The summed E-state index contributed by atoms with van der Waals surface area (Å²) in [5, 5.41) is 6.53. The zero-order valence-electron chi connectivity index (χ0n) is 11.8. The highest BCUT2D eigenvalue weighted by Crippen LogP contribution is 2.24. The second-order valence-corrected chi connectivity index (χ2v) is 6.16. The van der Waals surface area contributed by atoms with Crippen molar-refractivity contribution in [3.8, 4) is 0 Å². The summed E-state index contributed by atoms with van der Waals surface area (Å²) in [5.41, 5.74) is 0. The number of nitrogens with one attached hydrogen (secondary N) is 1. The van der Waals surface area contributed by atoms with Gasteiger partial charge in [0.15, 0.2) is 0 Å². The third kappa shape index (κ3) is 3.41. The molecule has 8 heteroatoms. The van der Waals surface area contributed by atoms with Crippen molar-refractivity contribution in [2.45, 2.75) is 32.2 Å². The van der Waals surface area contributed by atoms with Crippen molar-refractivity contribution in [1.82, 2.24) is 19.9 Å². The second-order valence-electron chi connectivity index (χ2n) is 4.90. The van der Waals surface area contributed by atoms with Gasteiger partial charge in [-0.05, 0) is 30.9 Å². The molecule has 1 N–H and O–H groups in total. The number of hydrogen-bond acceptors (Lipinski definition) is 7. The van der Waals surface area contributed by atoms with Gasteiger partial charge in [0.1, 0.15) is 5.01 Å². The lowest BCUT2D eigenvalue weighted by atomic mass is 10.2. The van der Waals surface area contributed by atoms with Gasteiger partial charge < -0.3 is 10.2 Å². The van der Waals surface area contributed by atoms with Crippen LogP contribution in [0.25, 0.3) is 0 Å². The van der Waals surface area contributed by atoms with Gasteiger partial charge in [-0.15, -0.1) is 11.3 Å². The fourth-order valence-corrected chi connectivity index (χ4v) is 3.29. The third-order valence-corrected chi connectivity index (χ3v) is 4.50. The summed E-state index contributed by atoms with van der Waals surface area (Å²) >= 11 is 7.66. The molecular formula is C13H17ClN6S. The quantitative estimate of drug-likeness (QED) is 0.911. The summed E-state index contributed by atoms with van der Waals surface area (Å²) in [6, 6.07) is 0.0925. The second kappa shape index (κ2) is 6.53. The van der Waals surface area contributed by atoms with Crippen LogP contribution in [0.15, 0.2) is 11.6 Å². The van der Waals surface area contributed by atoms with Crippen LogP contribution in [0.5, 0.6) is 0 Å². The topological polar surface area (TPSA) is 66.8 Å². The Kier molecular flexibility index (Phi) is 4.50. The van der Waals surface area contributed by atoms with Crippen molar-refractivity contribution < 1.29 is 0 Å². The first-order valence-corrected chi connectivity index (χ1v) is 8.34. The lowest BCUT2D eigenvalue weighted by Crippen LogP contribution is -2.22. The Morgan fingerprint density at radius 3 is 2.81 bits per heavy atom. The maximum absolute atomic E-state index is 6.04. The van der Waals surface area contributed by atoms with E-state index in [9.17, 15) is 0 Å². The lowest BCUT2D eigenvalue weighted by Gasteiger charge is -2.18. The van der Waals surface area contributed by atoms with E-state index in [0.717, 1.165) is 24.5 Å². The van der Waals surface area contributed by atoms with Gasteiger partial charge >= 0.3 is 0 Å². The van der Waals surface area contributed by atoms with Crippen molar-refractivity contribution in [2.24, 2.45) is 0 Å². The lowest BCUT2D eigenvalue weighted by molar-refractivity contribution is 0.728. The molecule has 0 aromatic carbocycles. The van der Waals surface area contributed by atoms with Crippen molar-refractivity contribution >= 4 is 34.8 Å². The van der Waals surface area contributed by atoms with Crippen LogP contribution in [0.3, 0.4) is 0 Å². The van der Waals surface area contributed by atoms with Crippen LogP contribution in [0, 0.1) is 0 Å². The van der Waals surface area contributed by atoms with Crippen molar-refractivity contribution in [3.63, 3.8) is 0 Å². The smallest absolute Gasteiger partial charge is 0.231 e. The molecule has 1 fully saturated rings. The molecule has 2 aromatic heterocycles. The molecule has 1 saturated heterocycles. The zero-order valence-corrected chi connectivity index (χ0v) is 13.4. The Labute approximate surface area is 132 Å². The Bertz CT molecular complexity index is 584.